The summed E-state index contributed by atoms with van der Waals surface area (Å²) < 4.78 is 33.2. The van der Waals surface area contributed by atoms with Gasteiger partial charge in [0.05, 0.1) is 27.9 Å². The Balaban J connectivity index is 1.45. The number of sulfonamides is 1. The number of amides is 2. The number of benzene rings is 2. The van der Waals surface area contributed by atoms with Crippen molar-refractivity contribution in [2.45, 2.75) is 23.3 Å². The summed E-state index contributed by atoms with van der Waals surface area (Å²) in [4.78, 5) is 25.0. The predicted molar refractivity (Wildman–Crippen MR) is 128 cm³/mol. The number of rotatable bonds is 8. The van der Waals surface area contributed by atoms with E-state index in [9.17, 15) is 18.0 Å². The van der Waals surface area contributed by atoms with E-state index >= 15 is 0 Å². The minimum Gasteiger partial charge on any atom is -0.376 e. The van der Waals surface area contributed by atoms with Crippen molar-refractivity contribution in [2.75, 3.05) is 23.2 Å². The minimum atomic E-state index is -4.17. The highest BCUT2D eigenvalue weighted by atomic mass is 35.5. The van der Waals surface area contributed by atoms with E-state index in [-0.39, 0.29) is 37.4 Å². The Kier molecular flexibility index (Phi) is 7.41. The first-order valence-electron chi connectivity index (χ1n) is 10.2. The van der Waals surface area contributed by atoms with Crippen LogP contribution in [0.5, 0.6) is 0 Å². The fourth-order valence-corrected chi connectivity index (χ4v) is 5.44. The molecular weight excluding hydrogens is 502 g/mol. The van der Waals surface area contributed by atoms with Crippen LogP contribution in [0.3, 0.4) is 0 Å². The van der Waals surface area contributed by atoms with Gasteiger partial charge in [0.2, 0.25) is 5.13 Å². The van der Waals surface area contributed by atoms with Gasteiger partial charge in [0.25, 0.3) is 26.2 Å². The Morgan fingerprint density at radius 3 is 2.53 bits per heavy atom. The first-order valence-corrected chi connectivity index (χ1v) is 12.9. The Hall–Kier alpha value is -3.06. The number of nitrogens with one attached hydrogen (secondary N) is 3. The average molecular weight is 522 g/mol. The summed E-state index contributed by atoms with van der Waals surface area (Å²) in [5.74, 6) is -0.981. The van der Waals surface area contributed by atoms with Gasteiger partial charge in [-0.15, -0.1) is 10.2 Å². The number of anilines is 2. The highest BCUT2D eigenvalue weighted by Crippen LogP contribution is 2.25. The molecule has 0 aliphatic carbocycles. The van der Waals surface area contributed by atoms with Gasteiger partial charge in [0.15, 0.2) is 0 Å². The van der Waals surface area contributed by atoms with Crippen LogP contribution in [-0.4, -0.2) is 49.7 Å². The first kappa shape index (κ1) is 24.1. The van der Waals surface area contributed by atoms with Gasteiger partial charge in [0.1, 0.15) is 0 Å². The Morgan fingerprint density at radius 2 is 1.79 bits per heavy atom. The van der Waals surface area contributed by atoms with Crippen LogP contribution in [0, 0.1) is 0 Å². The van der Waals surface area contributed by atoms with Crippen LogP contribution in [0.1, 0.15) is 33.6 Å². The van der Waals surface area contributed by atoms with Crippen LogP contribution >= 0.6 is 22.9 Å². The Bertz CT molecular complexity index is 1310. The zero-order valence-corrected chi connectivity index (χ0v) is 20.0. The summed E-state index contributed by atoms with van der Waals surface area (Å²) in [5, 5.41) is 12.9. The smallest absolute Gasteiger partial charge is 0.291 e. The lowest BCUT2D eigenvalue weighted by atomic mass is 10.1. The normalized spacial score (nSPS) is 15.6. The molecule has 2 heterocycles. The van der Waals surface area contributed by atoms with E-state index in [4.69, 9.17) is 16.3 Å². The molecule has 34 heavy (non-hydrogen) atoms. The van der Waals surface area contributed by atoms with E-state index < -0.39 is 21.8 Å². The standard InChI is InChI=1S/C21H20ClN5O5S2/c22-16-9-3-1-7-14(16)19(29)24-20-25-26-21(33-20)34(30,31)27-17-10-4-2-8-15(17)18(28)23-12-13-6-5-11-32-13/h1-4,7-10,13,27H,5-6,11-12H2,(H,23,28)(H,24,25,29)/t13-/m1/s1. The zero-order chi connectivity index (χ0) is 24.1. The van der Waals surface area contributed by atoms with Crippen molar-refractivity contribution >= 4 is 55.6 Å². The van der Waals surface area contributed by atoms with Gasteiger partial charge < -0.3 is 10.1 Å². The van der Waals surface area contributed by atoms with Crippen molar-refractivity contribution < 1.29 is 22.7 Å². The lowest BCUT2D eigenvalue weighted by molar-refractivity contribution is 0.0858. The zero-order valence-electron chi connectivity index (χ0n) is 17.7. The molecule has 0 unspecified atom stereocenters. The van der Waals surface area contributed by atoms with Crippen molar-refractivity contribution in [3.63, 3.8) is 0 Å². The molecule has 0 saturated carbocycles. The summed E-state index contributed by atoms with van der Waals surface area (Å²) in [5.41, 5.74) is 0.454. The van der Waals surface area contributed by atoms with E-state index in [1.807, 2.05) is 0 Å². The highest BCUT2D eigenvalue weighted by Gasteiger charge is 2.24. The van der Waals surface area contributed by atoms with Crippen LogP contribution in [0.4, 0.5) is 10.8 Å². The van der Waals surface area contributed by atoms with E-state index in [0.717, 1.165) is 12.8 Å². The van der Waals surface area contributed by atoms with E-state index in [1.54, 1.807) is 30.3 Å². The number of nitrogens with zero attached hydrogens (tertiary/aromatic N) is 2. The number of carbonyl (C=O) groups excluding carboxylic acids is 2. The Labute approximate surface area is 204 Å². The minimum absolute atomic E-state index is 0.0205. The highest BCUT2D eigenvalue weighted by molar-refractivity contribution is 7.94. The number of hydrogen-bond acceptors (Lipinski definition) is 8. The number of hydrogen-bond donors (Lipinski definition) is 3. The topological polar surface area (TPSA) is 139 Å². The second-order valence-electron chi connectivity index (χ2n) is 7.30. The van der Waals surface area contributed by atoms with Gasteiger partial charge in [-0.05, 0) is 37.1 Å². The van der Waals surface area contributed by atoms with Gasteiger partial charge in [-0.2, -0.15) is 8.42 Å². The van der Waals surface area contributed by atoms with Crippen LogP contribution < -0.4 is 15.4 Å². The second-order valence-corrected chi connectivity index (χ2v) is 10.5. The third kappa shape index (κ3) is 5.70. The number of aromatic nitrogens is 2. The summed E-state index contributed by atoms with van der Waals surface area (Å²) in [7, 11) is -4.17. The van der Waals surface area contributed by atoms with Gasteiger partial charge in [0, 0.05) is 13.2 Å². The fourth-order valence-electron chi connectivity index (χ4n) is 3.24. The lowest BCUT2D eigenvalue weighted by Gasteiger charge is -2.13. The molecule has 10 nitrogen and oxygen atoms in total. The molecule has 0 radical (unpaired) electrons. The molecule has 1 aliphatic heterocycles. The van der Waals surface area contributed by atoms with Crippen LogP contribution in [-0.2, 0) is 14.8 Å². The van der Waals surface area contributed by atoms with E-state index in [2.05, 4.69) is 25.6 Å². The third-order valence-electron chi connectivity index (χ3n) is 4.91. The molecule has 2 aromatic carbocycles. The predicted octanol–water partition coefficient (Wildman–Crippen LogP) is 3.15. The molecular formula is C21H20ClN5O5S2. The number of ether oxygens (including phenoxy) is 1. The quantitative estimate of drug-likeness (QED) is 0.387. The van der Waals surface area contributed by atoms with Crippen molar-refractivity contribution in [1.82, 2.24) is 15.5 Å². The van der Waals surface area contributed by atoms with Crippen molar-refractivity contribution in [2.24, 2.45) is 0 Å². The van der Waals surface area contributed by atoms with E-state index in [0.29, 0.717) is 24.5 Å². The monoisotopic (exact) mass is 521 g/mol. The van der Waals surface area contributed by atoms with Crippen molar-refractivity contribution in [3.8, 4) is 0 Å². The molecule has 3 aromatic rings. The fraction of sp³-hybridized carbons (Fsp3) is 0.238. The Morgan fingerprint density at radius 1 is 1.06 bits per heavy atom. The van der Waals surface area contributed by atoms with Gasteiger partial charge in [-0.1, -0.05) is 47.2 Å². The summed E-state index contributed by atoms with van der Waals surface area (Å²) >= 11 is 6.68. The van der Waals surface area contributed by atoms with Crippen LogP contribution in [0.25, 0.3) is 0 Å². The second kappa shape index (κ2) is 10.5. The third-order valence-corrected chi connectivity index (χ3v) is 7.81. The number of carbonyl (C=O) groups is 2. The first-order chi connectivity index (χ1) is 16.3. The average Bonchev–Trinajstić information content (AvgIpc) is 3.50. The lowest BCUT2D eigenvalue weighted by Crippen LogP contribution is -2.32. The van der Waals surface area contributed by atoms with Crippen LogP contribution in [0.15, 0.2) is 52.9 Å². The molecule has 1 aromatic heterocycles. The maximum absolute atomic E-state index is 12.9. The number of halogens is 1. The summed E-state index contributed by atoms with van der Waals surface area (Å²) in [6.07, 6.45) is 1.76. The maximum atomic E-state index is 12.9. The van der Waals surface area contributed by atoms with Crippen molar-refractivity contribution in [3.05, 3.63) is 64.7 Å². The molecule has 178 valence electrons. The summed E-state index contributed by atoms with van der Waals surface area (Å²) in [6, 6.07) is 12.6. The van der Waals surface area contributed by atoms with Gasteiger partial charge in [-0.25, -0.2) is 0 Å². The molecule has 2 amide bonds. The number of para-hydroxylation sites is 1. The van der Waals surface area contributed by atoms with Crippen LogP contribution in [0.2, 0.25) is 5.02 Å². The molecule has 1 atom stereocenters. The van der Waals surface area contributed by atoms with Gasteiger partial charge in [-0.3, -0.25) is 19.6 Å². The summed E-state index contributed by atoms with van der Waals surface area (Å²) in [6.45, 7) is 1.00. The molecule has 3 N–H and O–H groups in total. The molecule has 13 heteroatoms. The SMILES string of the molecule is O=C(Nc1nnc(S(=O)(=O)Nc2ccccc2C(=O)NC[C@H]2CCCO2)s1)c1ccccc1Cl. The van der Waals surface area contributed by atoms with Crippen molar-refractivity contribution in [1.29, 1.82) is 0 Å². The molecule has 0 bridgehead atoms. The maximum Gasteiger partial charge on any atom is 0.291 e. The molecule has 1 saturated heterocycles. The molecule has 1 aliphatic rings. The van der Waals surface area contributed by atoms with Gasteiger partial charge >= 0.3 is 0 Å². The molecule has 4 rings (SSSR count). The molecule has 1 fully saturated rings. The van der Waals surface area contributed by atoms with E-state index in [1.165, 1.54) is 18.2 Å². The largest absolute Gasteiger partial charge is 0.376 e. The molecule has 0 spiro atoms.